The average molecular weight is 449 g/mol. The largest absolute Gasteiger partial charge is 0.497 e. The molecular weight excluding hydrogens is 420 g/mol. The van der Waals surface area contributed by atoms with Gasteiger partial charge in [0.1, 0.15) is 18.0 Å². The molecule has 0 spiro atoms. The van der Waals surface area contributed by atoms with Crippen molar-refractivity contribution in [3.8, 4) is 11.5 Å². The van der Waals surface area contributed by atoms with Gasteiger partial charge in [-0.3, -0.25) is 9.59 Å². The van der Waals surface area contributed by atoms with E-state index in [2.05, 4.69) is 15.6 Å². The average Bonchev–Trinajstić information content (AvgIpc) is 3.41. The summed E-state index contributed by atoms with van der Waals surface area (Å²) in [6.45, 7) is -0.183. The molecule has 1 heterocycles. The molecular formula is C21H28N4O5S. The Kier molecular flexibility index (Phi) is 8.19. The molecule has 31 heavy (non-hydrogen) atoms. The van der Waals surface area contributed by atoms with E-state index in [1.165, 1.54) is 25.1 Å². The first kappa shape index (κ1) is 23.0. The molecule has 9 nitrogen and oxygen atoms in total. The fourth-order valence-electron chi connectivity index (χ4n) is 3.52. The molecule has 1 fully saturated rings. The second kappa shape index (κ2) is 11.1. The van der Waals surface area contributed by atoms with Crippen LogP contribution in [0.25, 0.3) is 0 Å². The Morgan fingerprint density at radius 1 is 1.23 bits per heavy atom. The lowest BCUT2D eigenvalue weighted by atomic mass is 10.2. The number of hydrogen-bond donors (Lipinski definition) is 3. The number of aliphatic hydroxyl groups is 1. The van der Waals surface area contributed by atoms with Crippen molar-refractivity contribution >= 4 is 29.3 Å². The van der Waals surface area contributed by atoms with Crippen molar-refractivity contribution in [3.05, 3.63) is 30.1 Å². The van der Waals surface area contributed by atoms with Gasteiger partial charge in [-0.05, 0) is 25.0 Å². The van der Waals surface area contributed by atoms with Crippen molar-refractivity contribution in [1.82, 2.24) is 14.9 Å². The molecule has 168 valence electrons. The van der Waals surface area contributed by atoms with E-state index in [-0.39, 0.29) is 36.8 Å². The Balaban J connectivity index is 1.61. The lowest BCUT2D eigenvalue weighted by Crippen LogP contribution is -2.35. The van der Waals surface area contributed by atoms with Crippen LogP contribution in [0.1, 0.15) is 31.4 Å². The van der Waals surface area contributed by atoms with Crippen molar-refractivity contribution < 1.29 is 24.2 Å². The highest BCUT2D eigenvalue weighted by Crippen LogP contribution is 2.29. The molecule has 2 amide bonds. The van der Waals surface area contributed by atoms with Crippen LogP contribution < -0.4 is 20.1 Å². The van der Waals surface area contributed by atoms with Gasteiger partial charge in [-0.1, -0.05) is 24.6 Å². The second-order valence-corrected chi connectivity index (χ2v) is 8.17. The van der Waals surface area contributed by atoms with Crippen LogP contribution in [-0.2, 0) is 22.7 Å². The number of aromatic nitrogens is 2. The highest BCUT2D eigenvalue weighted by molar-refractivity contribution is 7.99. The van der Waals surface area contributed by atoms with Gasteiger partial charge in [0.2, 0.25) is 11.8 Å². The molecule has 0 bridgehead atoms. The zero-order chi connectivity index (χ0) is 22.2. The van der Waals surface area contributed by atoms with E-state index in [0.717, 1.165) is 25.7 Å². The first-order valence-corrected chi connectivity index (χ1v) is 11.1. The summed E-state index contributed by atoms with van der Waals surface area (Å²) in [6, 6.07) is 5.35. The Hall–Kier alpha value is -2.72. The third-order valence-electron chi connectivity index (χ3n) is 5.10. The van der Waals surface area contributed by atoms with E-state index in [1.807, 2.05) is 0 Å². The number of carbonyl (C=O) groups excluding carboxylic acids is 2. The van der Waals surface area contributed by atoms with Gasteiger partial charge in [-0.2, -0.15) is 0 Å². The van der Waals surface area contributed by atoms with Crippen LogP contribution in [0.4, 0.5) is 5.69 Å². The first-order valence-electron chi connectivity index (χ1n) is 10.1. The number of nitrogens with zero attached hydrogens (tertiary/aromatic N) is 2. The maximum atomic E-state index is 12.5. The molecule has 0 unspecified atom stereocenters. The number of carbonyl (C=O) groups is 2. The van der Waals surface area contributed by atoms with Crippen molar-refractivity contribution in [2.24, 2.45) is 0 Å². The molecule has 0 saturated heterocycles. The molecule has 2 aromatic rings. The third kappa shape index (κ3) is 6.14. The highest BCUT2D eigenvalue weighted by Gasteiger charge is 2.20. The number of benzene rings is 1. The minimum absolute atomic E-state index is 0.0556. The van der Waals surface area contributed by atoms with Gasteiger partial charge >= 0.3 is 0 Å². The van der Waals surface area contributed by atoms with Gasteiger partial charge in [0.05, 0.1) is 44.2 Å². The Morgan fingerprint density at radius 3 is 2.68 bits per heavy atom. The minimum Gasteiger partial charge on any atom is -0.497 e. The summed E-state index contributed by atoms with van der Waals surface area (Å²) >= 11 is 1.20. The van der Waals surface area contributed by atoms with Crippen LogP contribution in [0.2, 0.25) is 0 Å². The van der Waals surface area contributed by atoms with Crippen molar-refractivity contribution in [2.45, 2.75) is 50.0 Å². The number of nitrogens with one attached hydrogen (secondary N) is 2. The Bertz CT molecular complexity index is 911. The molecule has 0 atom stereocenters. The molecule has 1 aromatic heterocycles. The number of rotatable bonds is 10. The van der Waals surface area contributed by atoms with Crippen LogP contribution >= 0.6 is 11.8 Å². The number of hydrogen-bond acceptors (Lipinski definition) is 7. The number of imidazole rings is 1. The molecule has 1 aromatic carbocycles. The zero-order valence-corrected chi connectivity index (χ0v) is 18.5. The SMILES string of the molecule is COc1ccc(OC)c(NC(=O)CSc2ncc(CO)n2CC(=O)NC2CCCC2)c1. The van der Waals surface area contributed by atoms with E-state index >= 15 is 0 Å². The maximum Gasteiger partial charge on any atom is 0.240 e. The monoisotopic (exact) mass is 448 g/mol. The van der Waals surface area contributed by atoms with Gasteiger partial charge < -0.3 is 29.8 Å². The molecule has 1 saturated carbocycles. The Labute approximate surface area is 185 Å². The van der Waals surface area contributed by atoms with E-state index in [4.69, 9.17) is 9.47 Å². The fraction of sp³-hybridized carbons (Fsp3) is 0.476. The summed E-state index contributed by atoms with van der Waals surface area (Å²) < 4.78 is 12.1. The summed E-state index contributed by atoms with van der Waals surface area (Å²) in [5.74, 6) is 0.818. The Morgan fingerprint density at radius 2 is 2.00 bits per heavy atom. The predicted molar refractivity (Wildman–Crippen MR) is 117 cm³/mol. The smallest absolute Gasteiger partial charge is 0.240 e. The van der Waals surface area contributed by atoms with Crippen LogP contribution in [0.5, 0.6) is 11.5 Å². The number of methoxy groups -OCH3 is 2. The van der Waals surface area contributed by atoms with Crippen LogP contribution in [0, 0.1) is 0 Å². The van der Waals surface area contributed by atoms with E-state index < -0.39 is 0 Å². The molecule has 1 aliphatic carbocycles. The number of aliphatic hydroxyl groups excluding tert-OH is 1. The minimum atomic E-state index is -0.257. The summed E-state index contributed by atoms with van der Waals surface area (Å²) in [7, 11) is 3.07. The third-order valence-corrected chi connectivity index (χ3v) is 6.09. The van der Waals surface area contributed by atoms with Crippen LogP contribution in [0.15, 0.2) is 29.6 Å². The summed E-state index contributed by atoms with van der Waals surface area (Å²) in [6.07, 6.45) is 5.78. The number of amides is 2. The van der Waals surface area contributed by atoms with Crippen LogP contribution in [-0.4, -0.2) is 52.5 Å². The van der Waals surface area contributed by atoms with Crippen molar-refractivity contribution in [2.75, 3.05) is 25.3 Å². The van der Waals surface area contributed by atoms with E-state index in [0.29, 0.717) is 28.0 Å². The molecule has 3 rings (SSSR count). The van der Waals surface area contributed by atoms with Gasteiger partial charge in [-0.25, -0.2) is 4.98 Å². The molecule has 0 radical (unpaired) electrons. The molecule has 0 aliphatic heterocycles. The molecule has 1 aliphatic rings. The van der Waals surface area contributed by atoms with Gasteiger partial charge in [0.15, 0.2) is 5.16 Å². The van der Waals surface area contributed by atoms with Gasteiger partial charge in [-0.15, -0.1) is 0 Å². The van der Waals surface area contributed by atoms with E-state index in [9.17, 15) is 14.7 Å². The lowest BCUT2D eigenvalue weighted by molar-refractivity contribution is -0.122. The maximum absolute atomic E-state index is 12.5. The van der Waals surface area contributed by atoms with Crippen molar-refractivity contribution in [1.29, 1.82) is 0 Å². The number of thioether (sulfide) groups is 1. The summed E-state index contributed by atoms with van der Waals surface area (Å²) in [5.41, 5.74) is 1.03. The number of ether oxygens (including phenoxy) is 2. The molecule has 10 heteroatoms. The van der Waals surface area contributed by atoms with Crippen molar-refractivity contribution in [3.63, 3.8) is 0 Å². The number of anilines is 1. The van der Waals surface area contributed by atoms with Crippen LogP contribution in [0.3, 0.4) is 0 Å². The fourth-order valence-corrected chi connectivity index (χ4v) is 4.31. The van der Waals surface area contributed by atoms with E-state index in [1.54, 1.807) is 29.9 Å². The summed E-state index contributed by atoms with van der Waals surface area (Å²) in [4.78, 5) is 29.2. The first-order chi connectivity index (χ1) is 15.0. The predicted octanol–water partition coefficient (Wildman–Crippen LogP) is 2.18. The zero-order valence-electron chi connectivity index (χ0n) is 17.7. The standard InChI is InChI=1S/C21H28N4O5S/c1-29-16-7-8-18(30-2)17(9-16)24-20(28)13-31-21-22-10-15(12-26)25(21)11-19(27)23-14-5-3-4-6-14/h7-10,14,26H,3-6,11-13H2,1-2H3,(H,23,27)(H,24,28). The van der Waals surface area contributed by atoms with Gasteiger partial charge in [0, 0.05) is 12.1 Å². The topological polar surface area (TPSA) is 115 Å². The lowest BCUT2D eigenvalue weighted by Gasteiger charge is -2.15. The molecule has 3 N–H and O–H groups in total. The highest BCUT2D eigenvalue weighted by atomic mass is 32.2. The normalized spacial score (nSPS) is 13.8. The van der Waals surface area contributed by atoms with Gasteiger partial charge in [0.25, 0.3) is 0 Å². The summed E-state index contributed by atoms with van der Waals surface area (Å²) in [5, 5.41) is 15.9. The quantitative estimate of drug-likeness (QED) is 0.477. The second-order valence-electron chi connectivity index (χ2n) is 7.23.